The molecule has 0 saturated carbocycles. The van der Waals surface area contributed by atoms with Gasteiger partial charge in [-0.3, -0.25) is 0 Å². The molecule has 1 N–H and O–H groups in total. The summed E-state index contributed by atoms with van der Waals surface area (Å²) in [6, 6.07) is 0. The van der Waals surface area contributed by atoms with Crippen molar-refractivity contribution in [3.05, 3.63) is 0 Å². The van der Waals surface area contributed by atoms with E-state index in [0.29, 0.717) is 0 Å². The minimum atomic E-state index is -0.717. The van der Waals surface area contributed by atoms with E-state index in [4.69, 9.17) is 5.26 Å². The number of unbranched alkanes of at least 4 members (excludes halogenated alkanes) is 6. The van der Waals surface area contributed by atoms with Gasteiger partial charge in [0, 0.05) is 0 Å². The molecule has 5 heteroatoms. The van der Waals surface area contributed by atoms with E-state index >= 15 is 0 Å². The average Bonchev–Trinajstić information content (AvgIpc) is 2.39. The molecule has 0 spiro atoms. The molecular weight excluding hydrogens is 295 g/mol. The number of hydrogen-bond donors (Lipinski definition) is 1. The summed E-state index contributed by atoms with van der Waals surface area (Å²) in [6.45, 7) is 2.21. The number of carbonyl (C=O) groups excluding carboxylic acids is 2. The van der Waals surface area contributed by atoms with Gasteiger partial charge in [0.05, 0.1) is 0 Å². The Morgan fingerprint density at radius 2 is 1.61 bits per heavy atom. The molecule has 0 radical (unpaired) electrons. The second-order valence-electron chi connectivity index (χ2n) is 4.43. The Balaban J connectivity index is 3.22. The van der Waals surface area contributed by atoms with Crippen LogP contribution in [0, 0.1) is 0 Å². The third-order valence-corrected chi connectivity index (χ3v) is 5.38. The van der Waals surface area contributed by atoms with Crippen molar-refractivity contribution in [1.82, 2.24) is 0 Å². The molecule has 0 aliphatic carbocycles. The Bertz CT molecular complexity index is 231. The first-order valence-corrected chi connectivity index (χ1v) is 9.35. The normalized spacial score (nSPS) is 11.0. The predicted octanol–water partition coefficient (Wildman–Crippen LogP) is 2.91. The van der Waals surface area contributed by atoms with E-state index in [1.165, 1.54) is 38.5 Å². The molecule has 0 saturated heterocycles. The first-order valence-electron chi connectivity index (χ1n) is 6.81. The summed E-state index contributed by atoms with van der Waals surface area (Å²) in [6.07, 6.45) is 9.12. The molecule has 1 atom stereocenters. The molecule has 0 aromatic carbocycles. The molecule has 0 aromatic rings. The zero-order valence-corrected chi connectivity index (χ0v) is 13.3. The van der Waals surface area contributed by atoms with Crippen LogP contribution in [-0.4, -0.2) is 31.5 Å². The first-order chi connectivity index (χ1) is 8.70. The van der Waals surface area contributed by atoms with Gasteiger partial charge in [-0.25, -0.2) is 0 Å². The van der Waals surface area contributed by atoms with E-state index in [1.807, 2.05) is 0 Å². The van der Waals surface area contributed by atoms with Crippen LogP contribution in [0.3, 0.4) is 0 Å². The van der Waals surface area contributed by atoms with Crippen LogP contribution < -0.4 is 0 Å². The second kappa shape index (κ2) is 13.1. The van der Waals surface area contributed by atoms with Gasteiger partial charge in [-0.1, -0.05) is 0 Å². The fourth-order valence-corrected chi connectivity index (χ4v) is 3.77. The van der Waals surface area contributed by atoms with Crippen LogP contribution in [0.2, 0.25) is 5.21 Å². The van der Waals surface area contributed by atoms with E-state index in [-0.39, 0.29) is 17.4 Å². The fraction of sp³-hybridized carbons (Fsp3) is 0.846. The van der Waals surface area contributed by atoms with E-state index in [0.717, 1.165) is 11.6 Å². The summed E-state index contributed by atoms with van der Waals surface area (Å²) in [5, 5.41) is 9.06. The second-order valence-corrected chi connectivity index (χ2v) is 7.40. The molecule has 0 amide bonds. The van der Waals surface area contributed by atoms with Crippen LogP contribution in [0.15, 0.2) is 0 Å². The molecule has 18 heavy (non-hydrogen) atoms. The standard InChI is InChI=1S/C13H25AsO4/c1-2-3-4-5-6-7-8-11-14-12(15)9-10-13(16)18-17/h14,17H,2-11H2,1H3. The molecule has 0 aliphatic rings. The van der Waals surface area contributed by atoms with Gasteiger partial charge in [-0.2, -0.15) is 0 Å². The zero-order valence-electron chi connectivity index (χ0n) is 11.2. The number of rotatable bonds is 12. The molecule has 0 aromatic heterocycles. The van der Waals surface area contributed by atoms with Gasteiger partial charge in [-0.15, -0.1) is 0 Å². The Hall–Kier alpha value is -0.342. The summed E-state index contributed by atoms with van der Waals surface area (Å²) in [7, 11) is 0. The summed E-state index contributed by atoms with van der Waals surface area (Å²) < 4.78 is 0.200. The van der Waals surface area contributed by atoms with Crippen molar-refractivity contribution in [3.8, 4) is 0 Å². The van der Waals surface area contributed by atoms with Gasteiger partial charge in [0.15, 0.2) is 0 Å². The summed E-state index contributed by atoms with van der Waals surface area (Å²) in [5.41, 5.74) is 0. The maximum absolute atomic E-state index is 11.4. The average molecular weight is 320 g/mol. The summed E-state index contributed by atoms with van der Waals surface area (Å²) in [5.74, 6) is -0.717. The van der Waals surface area contributed by atoms with E-state index in [9.17, 15) is 9.59 Å². The molecule has 0 aliphatic heterocycles. The molecule has 1 unspecified atom stereocenters. The van der Waals surface area contributed by atoms with Crippen LogP contribution >= 0.6 is 0 Å². The molecule has 0 fully saturated rings. The van der Waals surface area contributed by atoms with E-state index in [1.54, 1.807) is 0 Å². The predicted molar refractivity (Wildman–Crippen MR) is 72.9 cm³/mol. The number of carbonyl (C=O) groups is 2. The van der Waals surface area contributed by atoms with Crippen molar-refractivity contribution < 1.29 is 19.7 Å². The quantitative estimate of drug-likeness (QED) is 0.260. The molecule has 0 bridgehead atoms. The van der Waals surface area contributed by atoms with Gasteiger partial charge < -0.3 is 0 Å². The van der Waals surface area contributed by atoms with E-state index in [2.05, 4.69) is 11.8 Å². The summed E-state index contributed by atoms with van der Waals surface area (Å²) in [4.78, 5) is 25.5. The Kier molecular flexibility index (Phi) is 12.9. The zero-order chi connectivity index (χ0) is 13.6. The van der Waals surface area contributed by atoms with Gasteiger partial charge in [0.25, 0.3) is 0 Å². The van der Waals surface area contributed by atoms with Crippen molar-refractivity contribution in [2.45, 2.75) is 69.9 Å². The number of hydrogen-bond acceptors (Lipinski definition) is 4. The first kappa shape index (κ1) is 17.7. The van der Waals surface area contributed by atoms with Crippen LogP contribution in [0.5, 0.6) is 0 Å². The van der Waals surface area contributed by atoms with Crippen LogP contribution in [0.4, 0.5) is 0 Å². The molecule has 0 rings (SSSR count). The monoisotopic (exact) mass is 320 g/mol. The van der Waals surface area contributed by atoms with Gasteiger partial charge in [-0.05, 0) is 0 Å². The fourth-order valence-electron chi connectivity index (χ4n) is 1.66. The molecular formula is C13H25AsO4. The minimum absolute atomic E-state index is 0.00977. The van der Waals surface area contributed by atoms with Crippen molar-refractivity contribution in [2.75, 3.05) is 0 Å². The SMILES string of the molecule is CCCCCCCCC[AsH]C(=O)CCC(=O)OO. The third kappa shape index (κ3) is 12.1. The van der Waals surface area contributed by atoms with Crippen molar-refractivity contribution in [2.24, 2.45) is 0 Å². The van der Waals surface area contributed by atoms with Crippen molar-refractivity contribution in [1.29, 1.82) is 0 Å². The van der Waals surface area contributed by atoms with Crippen LogP contribution in [0.25, 0.3) is 0 Å². The molecule has 4 nitrogen and oxygen atoms in total. The Morgan fingerprint density at radius 1 is 1.00 bits per heavy atom. The van der Waals surface area contributed by atoms with Crippen LogP contribution in [-0.2, 0) is 14.5 Å². The third-order valence-electron chi connectivity index (χ3n) is 2.76. The van der Waals surface area contributed by atoms with Crippen molar-refractivity contribution in [3.63, 3.8) is 0 Å². The van der Waals surface area contributed by atoms with Gasteiger partial charge in [0.1, 0.15) is 0 Å². The Morgan fingerprint density at radius 3 is 2.22 bits per heavy atom. The molecule has 0 heterocycles. The van der Waals surface area contributed by atoms with Gasteiger partial charge >= 0.3 is 116 Å². The topological polar surface area (TPSA) is 63.6 Å². The summed E-state index contributed by atoms with van der Waals surface area (Å²) >= 11 is -0.565. The van der Waals surface area contributed by atoms with Gasteiger partial charge in [0.2, 0.25) is 0 Å². The van der Waals surface area contributed by atoms with E-state index < -0.39 is 21.7 Å². The van der Waals surface area contributed by atoms with Crippen LogP contribution in [0.1, 0.15) is 64.7 Å². The maximum atomic E-state index is 11.4. The van der Waals surface area contributed by atoms with Crippen molar-refractivity contribution >= 4 is 26.3 Å². The molecule has 106 valence electrons. The Labute approximate surface area is 116 Å².